The predicted octanol–water partition coefficient (Wildman–Crippen LogP) is 17.3. The number of furan rings is 1. The van der Waals surface area contributed by atoms with Gasteiger partial charge in [-0.3, -0.25) is 0 Å². The number of fused-ring (bicyclic) bond motifs is 15. The van der Waals surface area contributed by atoms with Crippen molar-refractivity contribution in [3.63, 3.8) is 0 Å². The van der Waals surface area contributed by atoms with Gasteiger partial charge in [0.05, 0.1) is 16.8 Å². The topological polar surface area (TPSA) is 28.9 Å². The van der Waals surface area contributed by atoms with Crippen LogP contribution in [0.25, 0.3) is 53.2 Å². The molecule has 0 unspecified atom stereocenters. The second-order valence-corrected chi connectivity index (χ2v) is 18.5. The summed E-state index contributed by atoms with van der Waals surface area (Å²) in [7, 11) is 0. The molecule has 1 aliphatic heterocycles. The molecule has 1 spiro atoms. The van der Waals surface area contributed by atoms with Crippen LogP contribution >= 0.6 is 11.3 Å². The highest BCUT2D eigenvalue weighted by Gasteiger charge is 2.52. The maximum atomic E-state index is 7.14. The average molecular weight is 865 g/mol. The van der Waals surface area contributed by atoms with E-state index in [2.05, 4.69) is 228 Å². The SMILES string of the molecule is C1=CC(N(c2ccccc2)c2cccc3c2oc2cc(N(c4ccc5c(c4)sc4ccccc45)c4cccc5c4-c4ccccc4C54c5ccccc5Oc5ccccc54)ccc23)=CCC1. The number of anilines is 5. The number of benzene rings is 9. The number of ether oxygens (including phenoxy) is 1. The maximum Gasteiger partial charge on any atom is 0.159 e. The summed E-state index contributed by atoms with van der Waals surface area (Å²) < 4.78 is 16.4. The van der Waals surface area contributed by atoms with Crippen molar-refractivity contribution in [2.24, 2.45) is 0 Å². The molecule has 312 valence electrons. The van der Waals surface area contributed by atoms with Crippen LogP contribution in [0.1, 0.15) is 35.1 Å². The third kappa shape index (κ3) is 5.32. The van der Waals surface area contributed by atoms with Crippen molar-refractivity contribution in [2.75, 3.05) is 9.80 Å². The lowest BCUT2D eigenvalue weighted by atomic mass is 9.66. The van der Waals surface area contributed by atoms with E-state index in [0.717, 1.165) is 91.5 Å². The Balaban J connectivity index is 1.02. The minimum atomic E-state index is -0.596. The highest BCUT2D eigenvalue weighted by Crippen LogP contribution is 2.64. The summed E-state index contributed by atoms with van der Waals surface area (Å²) in [5.41, 5.74) is 14.7. The summed E-state index contributed by atoms with van der Waals surface area (Å²) in [5.74, 6) is 1.76. The fourth-order valence-corrected chi connectivity index (χ4v) is 12.3. The summed E-state index contributed by atoms with van der Waals surface area (Å²) in [6, 6.07) is 72.7. The summed E-state index contributed by atoms with van der Waals surface area (Å²) >= 11 is 1.85. The first kappa shape index (κ1) is 37.3. The molecule has 14 rings (SSSR count). The molecule has 2 aliphatic carbocycles. The van der Waals surface area contributed by atoms with Crippen molar-refractivity contribution in [1.29, 1.82) is 0 Å². The molecule has 0 fully saturated rings. The number of nitrogens with zero attached hydrogens (tertiary/aromatic N) is 2. The Morgan fingerprint density at radius 1 is 0.455 bits per heavy atom. The minimum absolute atomic E-state index is 0.596. The van der Waals surface area contributed by atoms with E-state index in [1.165, 1.54) is 42.4 Å². The number of hydrogen-bond acceptors (Lipinski definition) is 5. The molecule has 0 radical (unpaired) electrons. The number of para-hydroxylation sites is 4. The van der Waals surface area contributed by atoms with E-state index < -0.39 is 5.41 Å². The standard InChI is InChI=1S/C61H40N2O2S/c1-3-17-39(18-4-1)62(40-19-5-2-6-20-40)53-29-15-23-46-43-35-33-41(37-56(43)65-60(46)53)63(42-34-36-45-44-21-8-14-32-57(44)66-58(45)38-42)52-28-16-27-51-59(52)47-22-7-9-24-48(47)61(51)49-25-10-12-30-54(49)64-55-31-13-11-26-50(55)61/h1,3-5,7-38H,2,6H2. The lowest BCUT2D eigenvalue weighted by Gasteiger charge is -2.39. The van der Waals surface area contributed by atoms with Gasteiger partial charge in [-0.25, -0.2) is 0 Å². The normalized spacial score (nSPS) is 14.2. The van der Waals surface area contributed by atoms with Crippen LogP contribution in [-0.4, -0.2) is 0 Å². The van der Waals surface area contributed by atoms with Gasteiger partial charge < -0.3 is 19.0 Å². The van der Waals surface area contributed by atoms with Crippen molar-refractivity contribution < 1.29 is 9.15 Å². The molecule has 2 aromatic heterocycles. The largest absolute Gasteiger partial charge is 0.457 e. The molecule has 0 amide bonds. The maximum absolute atomic E-state index is 7.14. The number of allylic oxidation sites excluding steroid dienone is 3. The zero-order valence-corrected chi connectivity index (χ0v) is 36.6. The van der Waals surface area contributed by atoms with Gasteiger partial charge in [0.25, 0.3) is 0 Å². The number of thiophene rings is 1. The minimum Gasteiger partial charge on any atom is -0.457 e. The molecule has 3 heterocycles. The van der Waals surface area contributed by atoms with Gasteiger partial charge in [0, 0.05) is 76.5 Å². The van der Waals surface area contributed by atoms with Crippen LogP contribution in [0.2, 0.25) is 0 Å². The molecule has 0 bridgehead atoms. The van der Waals surface area contributed by atoms with Crippen LogP contribution in [0.3, 0.4) is 0 Å². The summed E-state index contributed by atoms with van der Waals surface area (Å²) in [6.07, 6.45) is 8.87. The van der Waals surface area contributed by atoms with Crippen LogP contribution in [-0.2, 0) is 5.41 Å². The molecule has 9 aromatic carbocycles. The Morgan fingerprint density at radius 3 is 1.92 bits per heavy atom. The lowest BCUT2D eigenvalue weighted by Crippen LogP contribution is -2.32. The third-order valence-corrected chi connectivity index (χ3v) is 15.1. The molecular formula is C61H40N2O2S. The molecule has 4 nitrogen and oxygen atoms in total. The molecule has 11 aromatic rings. The second kappa shape index (κ2) is 14.4. The van der Waals surface area contributed by atoms with Crippen molar-refractivity contribution >= 4 is 81.9 Å². The van der Waals surface area contributed by atoms with Gasteiger partial charge in [-0.1, -0.05) is 140 Å². The van der Waals surface area contributed by atoms with Gasteiger partial charge in [0.15, 0.2) is 5.58 Å². The Kier molecular flexibility index (Phi) is 8.16. The Bertz CT molecular complexity index is 3790. The van der Waals surface area contributed by atoms with Gasteiger partial charge in [-0.05, 0) is 102 Å². The van der Waals surface area contributed by atoms with Crippen LogP contribution in [0.4, 0.5) is 28.4 Å². The number of rotatable bonds is 6. The van der Waals surface area contributed by atoms with E-state index >= 15 is 0 Å². The van der Waals surface area contributed by atoms with Crippen LogP contribution < -0.4 is 14.5 Å². The summed E-state index contributed by atoms with van der Waals surface area (Å²) in [5, 5.41) is 4.72. The molecule has 5 heteroatoms. The molecule has 0 N–H and O–H groups in total. The van der Waals surface area contributed by atoms with E-state index in [9.17, 15) is 0 Å². The summed E-state index contributed by atoms with van der Waals surface area (Å²) in [4.78, 5) is 4.79. The van der Waals surface area contributed by atoms with E-state index in [4.69, 9.17) is 9.15 Å². The van der Waals surface area contributed by atoms with Gasteiger partial charge >= 0.3 is 0 Å². The fourth-order valence-electron chi connectivity index (χ4n) is 11.2. The molecule has 3 aliphatic rings. The van der Waals surface area contributed by atoms with Gasteiger partial charge in [0.1, 0.15) is 17.1 Å². The predicted molar refractivity (Wildman–Crippen MR) is 274 cm³/mol. The first-order chi connectivity index (χ1) is 32.7. The van der Waals surface area contributed by atoms with Crippen molar-refractivity contribution in [2.45, 2.75) is 18.3 Å². The highest BCUT2D eigenvalue weighted by molar-refractivity contribution is 7.25. The van der Waals surface area contributed by atoms with E-state index in [1.807, 2.05) is 11.3 Å². The van der Waals surface area contributed by atoms with Crippen molar-refractivity contribution in [3.05, 3.63) is 246 Å². The molecule has 0 atom stereocenters. The fraction of sp³-hybridized carbons (Fsp3) is 0.0492. The zero-order chi connectivity index (χ0) is 43.3. The van der Waals surface area contributed by atoms with Crippen LogP contribution in [0.5, 0.6) is 11.5 Å². The molecular weight excluding hydrogens is 825 g/mol. The lowest BCUT2D eigenvalue weighted by molar-refractivity contribution is 0.436. The molecule has 66 heavy (non-hydrogen) atoms. The Labute approximate surface area is 386 Å². The van der Waals surface area contributed by atoms with Crippen LogP contribution in [0, 0.1) is 0 Å². The van der Waals surface area contributed by atoms with Crippen molar-refractivity contribution in [1.82, 2.24) is 0 Å². The quantitative estimate of drug-likeness (QED) is 0.167. The average Bonchev–Trinajstić information content (AvgIpc) is 4.04. The second-order valence-electron chi connectivity index (χ2n) is 17.4. The smallest absolute Gasteiger partial charge is 0.159 e. The van der Waals surface area contributed by atoms with Gasteiger partial charge in [-0.15, -0.1) is 11.3 Å². The Morgan fingerprint density at radius 2 is 1.11 bits per heavy atom. The zero-order valence-electron chi connectivity index (χ0n) is 35.8. The highest BCUT2D eigenvalue weighted by atomic mass is 32.1. The first-order valence-electron chi connectivity index (χ1n) is 22.7. The monoisotopic (exact) mass is 864 g/mol. The number of hydrogen-bond donors (Lipinski definition) is 0. The van der Waals surface area contributed by atoms with Crippen molar-refractivity contribution in [3.8, 4) is 22.6 Å². The van der Waals surface area contributed by atoms with Gasteiger partial charge in [-0.2, -0.15) is 0 Å². The van der Waals surface area contributed by atoms with E-state index in [1.54, 1.807) is 0 Å². The third-order valence-electron chi connectivity index (χ3n) is 13.9. The summed E-state index contributed by atoms with van der Waals surface area (Å²) in [6.45, 7) is 0. The first-order valence-corrected chi connectivity index (χ1v) is 23.5. The van der Waals surface area contributed by atoms with Crippen LogP contribution in [0.15, 0.2) is 229 Å². The molecule has 0 saturated carbocycles. The van der Waals surface area contributed by atoms with Gasteiger partial charge in [0.2, 0.25) is 0 Å². The molecule has 0 saturated heterocycles. The van der Waals surface area contributed by atoms with E-state index in [0.29, 0.717) is 0 Å². The Hall–Kier alpha value is -8.12. The van der Waals surface area contributed by atoms with E-state index in [-0.39, 0.29) is 0 Å².